The van der Waals surface area contributed by atoms with Crippen LogP contribution < -0.4 is 5.11 Å². The Morgan fingerprint density at radius 2 is 1.03 bits per heavy atom. The molecule has 0 aliphatic carbocycles. The van der Waals surface area contributed by atoms with Crippen LogP contribution in [0.2, 0.25) is 0 Å². The van der Waals surface area contributed by atoms with E-state index in [1.54, 1.807) is 0 Å². The van der Waals surface area contributed by atoms with Gasteiger partial charge in [0.15, 0.2) is 0 Å². The van der Waals surface area contributed by atoms with Crippen LogP contribution in [0.3, 0.4) is 0 Å². The van der Waals surface area contributed by atoms with Crippen molar-refractivity contribution in [3.63, 3.8) is 0 Å². The Bertz CT molecular complexity index is 556. The zero-order chi connectivity index (χ0) is 23.2. The minimum Gasteiger partial charge on any atom is -0.550 e. The van der Waals surface area contributed by atoms with E-state index in [9.17, 15) is 0 Å². The summed E-state index contributed by atoms with van der Waals surface area (Å²) in [6.45, 7) is 12.0. The fraction of sp³-hybridized carbons (Fsp3) is 0.591. The van der Waals surface area contributed by atoms with Crippen LogP contribution in [0.25, 0.3) is 0 Å². The third kappa shape index (κ3) is 45.2. The van der Waals surface area contributed by atoms with Gasteiger partial charge < -0.3 is 30.3 Å². The molecule has 179 valence electrons. The Morgan fingerprint density at radius 1 is 0.767 bits per heavy atom. The fourth-order valence-electron chi connectivity index (χ4n) is 2.14. The zero-order valence-corrected chi connectivity index (χ0v) is 20.5. The maximum atomic E-state index is 8.89. The van der Waals surface area contributed by atoms with E-state index >= 15 is 0 Å². The molecule has 0 unspecified atom stereocenters. The summed E-state index contributed by atoms with van der Waals surface area (Å²) < 4.78 is 0. The average molecular weight is 519 g/mol. The van der Waals surface area contributed by atoms with Crippen molar-refractivity contribution < 1.29 is 42.5 Å². The number of carbonyl (C=O) groups excluding carboxylic acids is 1. The smallest absolute Gasteiger partial charge is 0.0689 e. The summed E-state index contributed by atoms with van der Waals surface area (Å²) in [4.78, 5) is 17.1. The van der Waals surface area contributed by atoms with E-state index in [-0.39, 0.29) is 29.0 Å². The molecular weight excluding hydrogens is 482 g/mol. The zero-order valence-electron chi connectivity index (χ0n) is 19.0. The standard InChI is InChI=1S/C20H34O.C2H4O2.Ag.NO3/c1-17(2)9-6-10-18(3)11-7-12-19(4)13-8-14-20(5)15-16-21;1-2(3)4;;2-1(3)4/h9,11,13,15,21H,6-8,10,12,14,16H2,1-5H3;1H3,(H,3,4);;/q;;;-1/p-1. The molecule has 0 spiro atoms. The summed E-state index contributed by atoms with van der Waals surface area (Å²) in [5, 5.41) is 32.4. The molecule has 0 aromatic carbocycles. The third-order valence-corrected chi connectivity index (χ3v) is 3.59. The van der Waals surface area contributed by atoms with Crippen molar-refractivity contribution in [2.75, 3.05) is 6.61 Å². The van der Waals surface area contributed by atoms with Crippen LogP contribution in [-0.2, 0) is 27.2 Å². The van der Waals surface area contributed by atoms with Crippen molar-refractivity contribution in [1.29, 1.82) is 0 Å². The number of aliphatic hydroxyl groups is 1. The van der Waals surface area contributed by atoms with Gasteiger partial charge in [-0.05, 0) is 80.1 Å². The second-order valence-corrected chi connectivity index (χ2v) is 6.95. The molecule has 1 radical (unpaired) electrons. The van der Waals surface area contributed by atoms with Crippen molar-refractivity contribution in [3.8, 4) is 0 Å². The second-order valence-electron chi connectivity index (χ2n) is 6.95. The first kappa shape index (κ1) is 35.7. The van der Waals surface area contributed by atoms with Gasteiger partial charge in [-0.1, -0.05) is 46.6 Å². The number of allylic oxidation sites excluding steroid dienone is 7. The molecule has 0 aromatic rings. The first-order valence-electron chi connectivity index (χ1n) is 9.62. The first-order valence-corrected chi connectivity index (χ1v) is 9.62. The number of aliphatic carboxylic acids is 1. The summed E-state index contributed by atoms with van der Waals surface area (Å²) in [7, 11) is 0. The van der Waals surface area contributed by atoms with E-state index in [0.29, 0.717) is 0 Å². The third-order valence-electron chi connectivity index (χ3n) is 3.59. The quantitative estimate of drug-likeness (QED) is 0.194. The minimum atomic E-state index is -1.75. The molecule has 0 bridgehead atoms. The maximum absolute atomic E-state index is 8.89. The summed E-state index contributed by atoms with van der Waals surface area (Å²) in [6.07, 6.45) is 15.7. The summed E-state index contributed by atoms with van der Waals surface area (Å²) in [5.41, 5.74) is 5.66. The van der Waals surface area contributed by atoms with Gasteiger partial charge in [-0.2, -0.15) is 0 Å². The Morgan fingerprint density at radius 3 is 1.30 bits per heavy atom. The number of hydrogen-bond donors (Lipinski definition) is 1. The largest absolute Gasteiger partial charge is 0.550 e. The van der Waals surface area contributed by atoms with Gasteiger partial charge in [-0.3, -0.25) is 0 Å². The Hall–Kier alpha value is -1.67. The number of carbonyl (C=O) groups is 1. The Balaban J connectivity index is -0.000000319. The first-order chi connectivity index (χ1) is 13.4. The fourth-order valence-corrected chi connectivity index (χ4v) is 2.14. The van der Waals surface area contributed by atoms with Gasteiger partial charge >= 0.3 is 0 Å². The molecule has 0 aliphatic heterocycles. The predicted octanol–water partition coefficient (Wildman–Crippen LogP) is 4.64. The minimum absolute atomic E-state index is 0. The van der Waals surface area contributed by atoms with Gasteiger partial charge in [0, 0.05) is 28.3 Å². The van der Waals surface area contributed by atoms with Crippen LogP contribution in [0.1, 0.15) is 80.1 Å². The van der Waals surface area contributed by atoms with Crippen molar-refractivity contribution >= 4 is 5.97 Å². The SMILES string of the molecule is CC(=O)[O-].CC(C)=CCCC(C)=CCCC(C)=CCCC(C)=CCO.O=[N+]([O-])[O-].[Ag]. The van der Waals surface area contributed by atoms with Crippen LogP contribution in [0.15, 0.2) is 46.6 Å². The van der Waals surface area contributed by atoms with E-state index in [4.69, 9.17) is 30.3 Å². The molecule has 30 heavy (non-hydrogen) atoms. The van der Waals surface area contributed by atoms with E-state index in [2.05, 4.69) is 52.8 Å². The summed E-state index contributed by atoms with van der Waals surface area (Å²) in [5.74, 6) is -1.08. The monoisotopic (exact) mass is 518 g/mol. The number of carboxylic acids is 1. The molecule has 0 rings (SSSR count). The van der Waals surface area contributed by atoms with Gasteiger partial charge in [0.2, 0.25) is 0 Å². The number of rotatable bonds is 10. The van der Waals surface area contributed by atoms with E-state index in [1.165, 1.54) is 28.7 Å². The topological polar surface area (TPSA) is 127 Å². The van der Waals surface area contributed by atoms with Crippen molar-refractivity contribution in [1.82, 2.24) is 0 Å². The molecule has 0 atom stereocenters. The van der Waals surface area contributed by atoms with E-state index < -0.39 is 11.1 Å². The van der Waals surface area contributed by atoms with Crippen molar-refractivity contribution in [2.45, 2.75) is 80.1 Å². The Labute approximate surface area is 196 Å². The van der Waals surface area contributed by atoms with E-state index in [0.717, 1.165) is 39.0 Å². The van der Waals surface area contributed by atoms with Gasteiger partial charge in [-0.15, -0.1) is 0 Å². The molecule has 8 heteroatoms. The molecule has 7 nitrogen and oxygen atoms in total. The van der Waals surface area contributed by atoms with E-state index in [1.807, 2.05) is 6.08 Å². The second kappa shape index (κ2) is 25.4. The number of nitrogens with zero attached hydrogens (tertiary/aromatic N) is 1. The normalized spacial score (nSPS) is 11.1. The summed E-state index contributed by atoms with van der Waals surface area (Å²) in [6, 6.07) is 0. The molecule has 0 fully saturated rings. The van der Waals surface area contributed by atoms with Gasteiger partial charge in [-0.25, -0.2) is 0 Å². The molecule has 0 saturated heterocycles. The van der Waals surface area contributed by atoms with Crippen molar-refractivity contribution in [3.05, 3.63) is 61.9 Å². The van der Waals surface area contributed by atoms with Crippen molar-refractivity contribution in [2.24, 2.45) is 0 Å². The number of hydrogen-bond acceptors (Lipinski definition) is 6. The molecule has 0 aliphatic rings. The van der Waals surface area contributed by atoms with Crippen LogP contribution in [-0.4, -0.2) is 22.8 Å². The number of aliphatic hydroxyl groups excluding tert-OH is 1. The molecule has 1 N–H and O–H groups in total. The predicted molar refractivity (Wildman–Crippen MR) is 117 cm³/mol. The summed E-state index contributed by atoms with van der Waals surface area (Å²) >= 11 is 0. The van der Waals surface area contributed by atoms with Crippen LogP contribution in [0, 0.1) is 15.3 Å². The average Bonchev–Trinajstić information content (AvgIpc) is 2.53. The Kier molecular flexibility index (Phi) is 30.2. The molecule has 0 heterocycles. The molecular formula is C22H37AgNO6-2. The molecule has 0 amide bonds. The van der Waals surface area contributed by atoms with Crippen LogP contribution >= 0.6 is 0 Å². The molecule has 0 saturated carbocycles. The van der Waals surface area contributed by atoms with Crippen LogP contribution in [0.4, 0.5) is 0 Å². The van der Waals surface area contributed by atoms with Crippen LogP contribution in [0.5, 0.6) is 0 Å². The van der Waals surface area contributed by atoms with Gasteiger partial charge in [0.05, 0.1) is 11.7 Å². The maximum Gasteiger partial charge on any atom is 0.0689 e. The number of carboxylic acid groups (broad SMARTS) is 1. The molecule has 0 aromatic heterocycles. The van der Waals surface area contributed by atoms with Gasteiger partial charge in [0.1, 0.15) is 0 Å². The van der Waals surface area contributed by atoms with Gasteiger partial charge in [0.25, 0.3) is 0 Å².